The minimum absolute atomic E-state index is 0.130. The fourth-order valence-corrected chi connectivity index (χ4v) is 3.55. The van der Waals surface area contributed by atoms with Gasteiger partial charge < -0.3 is 4.57 Å². The lowest BCUT2D eigenvalue weighted by Gasteiger charge is -2.06. The predicted octanol–water partition coefficient (Wildman–Crippen LogP) is 3.09. The number of nitrogens with zero attached hydrogens (tertiary/aromatic N) is 7. The Hall–Kier alpha value is -4.14. The average molecular weight is 415 g/mol. The Morgan fingerprint density at radius 3 is 2.68 bits per heavy atom. The van der Waals surface area contributed by atoms with E-state index in [0.29, 0.717) is 28.4 Å². The molecule has 4 aromatic heterocycles. The number of carbonyl (C=O) groups is 1. The smallest absolute Gasteiger partial charge is 0.186 e. The molecule has 8 nitrogen and oxygen atoms in total. The number of Topliss-reactive ketones (excluding diaryl/α,β-unsaturated/α-hetero) is 1. The van der Waals surface area contributed by atoms with Gasteiger partial charge in [-0.2, -0.15) is 5.10 Å². The number of rotatable bonds is 5. The Morgan fingerprint density at radius 2 is 1.94 bits per heavy atom. The first-order valence-electron chi connectivity index (χ1n) is 9.63. The second-order valence-corrected chi connectivity index (χ2v) is 7.31. The molecule has 1 aromatic carbocycles. The van der Waals surface area contributed by atoms with Gasteiger partial charge in [-0.05, 0) is 6.07 Å². The fraction of sp³-hybridized carbons (Fsp3) is 0.136. The van der Waals surface area contributed by atoms with Crippen LogP contribution in [0.15, 0.2) is 61.3 Å². The maximum absolute atomic E-state index is 14.8. The third-order valence-corrected chi connectivity index (χ3v) is 5.07. The maximum Gasteiger partial charge on any atom is 0.186 e. The number of benzene rings is 1. The summed E-state index contributed by atoms with van der Waals surface area (Å²) in [5.41, 5.74) is 3.18. The summed E-state index contributed by atoms with van der Waals surface area (Å²) in [5, 5.41) is 8.54. The molecule has 0 fully saturated rings. The van der Waals surface area contributed by atoms with E-state index in [-0.39, 0.29) is 17.8 Å². The summed E-state index contributed by atoms with van der Waals surface area (Å²) in [6.07, 6.45) is 6.18. The second kappa shape index (κ2) is 7.28. The number of carbonyl (C=O) groups excluding carboxylic acids is 1. The highest BCUT2D eigenvalue weighted by molar-refractivity contribution is 6.01. The Bertz CT molecular complexity index is 1410. The quantitative estimate of drug-likeness (QED) is 0.412. The minimum Gasteiger partial charge on any atom is -0.340 e. The van der Waals surface area contributed by atoms with E-state index in [1.807, 2.05) is 43.6 Å². The first-order chi connectivity index (χ1) is 15.0. The molecule has 5 rings (SSSR count). The highest BCUT2D eigenvalue weighted by Gasteiger charge is 2.22. The van der Waals surface area contributed by atoms with Gasteiger partial charge in [0.15, 0.2) is 17.3 Å². The van der Waals surface area contributed by atoms with Crippen molar-refractivity contribution in [1.82, 2.24) is 33.9 Å². The van der Waals surface area contributed by atoms with Gasteiger partial charge in [-0.15, -0.1) is 5.10 Å². The molecule has 0 radical (unpaired) electrons. The van der Waals surface area contributed by atoms with Gasteiger partial charge in [0, 0.05) is 37.8 Å². The minimum atomic E-state index is -0.521. The number of aromatic nitrogens is 7. The van der Waals surface area contributed by atoms with E-state index in [2.05, 4.69) is 20.2 Å². The number of pyridine rings is 1. The molecular weight excluding hydrogens is 397 g/mol. The number of halogens is 1. The van der Waals surface area contributed by atoms with Crippen LogP contribution in [0, 0.1) is 5.82 Å². The Balaban J connectivity index is 1.49. The molecule has 5 aromatic rings. The number of aryl methyl sites for hydroxylation is 2. The van der Waals surface area contributed by atoms with Crippen molar-refractivity contribution in [3.8, 4) is 22.6 Å². The molecule has 0 spiro atoms. The molecule has 0 bridgehead atoms. The third kappa shape index (κ3) is 3.39. The molecule has 0 amide bonds. The van der Waals surface area contributed by atoms with Crippen molar-refractivity contribution in [3.63, 3.8) is 0 Å². The molecule has 0 aliphatic heterocycles. The maximum atomic E-state index is 14.8. The first-order valence-corrected chi connectivity index (χ1v) is 9.63. The van der Waals surface area contributed by atoms with Crippen molar-refractivity contribution >= 4 is 11.4 Å². The van der Waals surface area contributed by atoms with E-state index in [1.165, 1.54) is 15.4 Å². The molecule has 31 heavy (non-hydrogen) atoms. The summed E-state index contributed by atoms with van der Waals surface area (Å²) in [5.74, 6) is -0.286. The summed E-state index contributed by atoms with van der Waals surface area (Å²) in [6, 6.07) is 11.0. The predicted molar refractivity (Wildman–Crippen MR) is 112 cm³/mol. The van der Waals surface area contributed by atoms with Crippen LogP contribution in [0.3, 0.4) is 0 Å². The van der Waals surface area contributed by atoms with Gasteiger partial charge >= 0.3 is 0 Å². The van der Waals surface area contributed by atoms with E-state index in [4.69, 9.17) is 0 Å². The van der Waals surface area contributed by atoms with Crippen LogP contribution in [0.25, 0.3) is 28.3 Å². The summed E-state index contributed by atoms with van der Waals surface area (Å²) in [7, 11) is 3.53. The molecular formula is C22H18FN7O. The lowest BCUT2D eigenvalue weighted by molar-refractivity contribution is 0.0983. The van der Waals surface area contributed by atoms with Crippen molar-refractivity contribution < 1.29 is 9.18 Å². The number of hydrogen-bond donors (Lipinski definition) is 0. The van der Waals surface area contributed by atoms with Gasteiger partial charge in [0.2, 0.25) is 0 Å². The number of fused-ring (bicyclic) bond motifs is 1. The van der Waals surface area contributed by atoms with Gasteiger partial charge in [0.1, 0.15) is 11.5 Å². The van der Waals surface area contributed by atoms with Gasteiger partial charge in [0.25, 0.3) is 0 Å². The van der Waals surface area contributed by atoms with E-state index < -0.39 is 5.82 Å². The van der Waals surface area contributed by atoms with Gasteiger partial charge in [-0.25, -0.2) is 18.9 Å². The normalized spacial score (nSPS) is 11.3. The first kappa shape index (κ1) is 18.9. The fourth-order valence-electron chi connectivity index (χ4n) is 3.55. The number of ketones is 1. The third-order valence-electron chi connectivity index (χ3n) is 5.07. The summed E-state index contributed by atoms with van der Waals surface area (Å²) in [4.78, 5) is 21.9. The lowest BCUT2D eigenvalue weighted by Crippen LogP contribution is -2.12. The SMILES string of the molecule is Cn1cnc(-c2cnn(C)c2C(=O)Cc2cc3nc(-c4ccccc4)nn3cc2F)c1. The van der Waals surface area contributed by atoms with E-state index in [9.17, 15) is 9.18 Å². The average Bonchev–Trinajstić information content (AvgIpc) is 3.47. The van der Waals surface area contributed by atoms with E-state index >= 15 is 0 Å². The topological polar surface area (TPSA) is 82.9 Å². The van der Waals surface area contributed by atoms with Crippen LogP contribution in [-0.2, 0) is 20.5 Å². The van der Waals surface area contributed by atoms with Gasteiger partial charge in [-0.1, -0.05) is 30.3 Å². The highest BCUT2D eigenvalue weighted by atomic mass is 19.1. The van der Waals surface area contributed by atoms with Gasteiger partial charge in [0.05, 0.1) is 30.0 Å². The van der Waals surface area contributed by atoms with Crippen LogP contribution in [0.1, 0.15) is 16.1 Å². The Kier molecular flexibility index (Phi) is 4.43. The number of imidazole rings is 1. The van der Waals surface area contributed by atoms with Crippen molar-refractivity contribution in [2.75, 3.05) is 0 Å². The van der Waals surface area contributed by atoms with Crippen LogP contribution in [0.2, 0.25) is 0 Å². The highest BCUT2D eigenvalue weighted by Crippen LogP contribution is 2.24. The van der Waals surface area contributed by atoms with Crippen LogP contribution in [0.4, 0.5) is 4.39 Å². The molecule has 4 heterocycles. The van der Waals surface area contributed by atoms with Crippen molar-refractivity contribution in [1.29, 1.82) is 0 Å². The van der Waals surface area contributed by atoms with Crippen LogP contribution in [-0.4, -0.2) is 39.7 Å². The zero-order chi connectivity index (χ0) is 21.5. The molecule has 0 saturated heterocycles. The van der Waals surface area contributed by atoms with Crippen molar-refractivity contribution in [3.05, 3.63) is 78.4 Å². The van der Waals surface area contributed by atoms with Crippen molar-refractivity contribution in [2.24, 2.45) is 14.1 Å². The molecule has 0 aliphatic rings. The standard InChI is InChI=1S/C22H18FN7O/c1-28-12-18(24-13-28)16-10-25-29(2)21(16)19(31)8-15-9-20-26-22(14-6-4-3-5-7-14)27-30(20)11-17(15)23/h3-7,9-13H,8H2,1-2H3. The van der Waals surface area contributed by atoms with E-state index in [0.717, 1.165) is 5.56 Å². The zero-order valence-electron chi connectivity index (χ0n) is 16.9. The van der Waals surface area contributed by atoms with Crippen LogP contribution in [0.5, 0.6) is 0 Å². The summed E-state index contributed by atoms with van der Waals surface area (Å²) in [6.45, 7) is 0. The summed E-state index contributed by atoms with van der Waals surface area (Å²) >= 11 is 0. The molecule has 0 aliphatic carbocycles. The molecule has 0 atom stereocenters. The number of hydrogen-bond acceptors (Lipinski definition) is 5. The second-order valence-electron chi connectivity index (χ2n) is 7.31. The summed E-state index contributed by atoms with van der Waals surface area (Å²) < 4.78 is 19.5. The zero-order valence-corrected chi connectivity index (χ0v) is 16.9. The Morgan fingerprint density at radius 1 is 1.13 bits per heavy atom. The molecule has 9 heteroatoms. The van der Waals surface area contributed by atoms with Gasteiger partial charge in [-0.3, -0.25) is 9.48 Å². The molecule has 154 valence electrons. The largest absolute Gasteiger partial charge is 0.340 e. The lowest BCUT2D eigenvalue weighted by atomic mass is 10.0. The van der Waals surface area contributed by atoms with Crippen LogP contribution >= 0.6 is 0 Å². The monoisotopic (exact) mass is 415 g/mol. The van der Waals surface area contributed by atoms with Crippen LogP contribution < -0.4 is 0 Å². The Labute approximate surface area is 176 Å². The molecule has 0 N–H and O–H groups in total. The molecule has 0 unspecified atom stereocenters. The van der Waals surface area contributed by atoms with Crippen molar-refractivity contribution in [2.45, 2.75) is 6.42 Å². The molecule has 0 saturated carbocycles. The van der Waals surface area contributed by atoms with E-state index in [1.54, 1.807) is 30.2 Å².